The molecule has 0 fully saturated rings. The van der Waals surface area contributed by atoms with Crippen LogP contribution in [0.3, 0.4) is 0 Å². The molecule has 1 aliphatic heterocycles. The van der Waals surface area contributed by atoms with E-state index in [9.17, 15) is 0 Å². The number of nitriles is 1. The van der Waals surface area contributed by atoms with E-state index in [0.29, 0.717) is 0 Å². The van der Waals surface area contributed by atoms with Gasteiger partial charge in [0.2, 0.25) is 6.10 Å². The molecular formula is C11H12N2O. The first-order valence-corrected chi connectivity index (χ1v) is 4.64. The van der Waals surface area contributed by atoms with Crippen LogP contribution in [0.4, 0.5) is 5.69 Å². The number of benzene rings is 1. The van der Waals surface area contributed by atoms with Gasteiger partial charge in [0.15, 0.2) is 0 Å². The van der Waals surface area contributed by atoms with Crippen molar-refractivity contribution in [2.75, 3.05) is 5.32 Å². The average molecular weight is 188 g/mol. The number of fused-ring (bicyclic) bond motifs is 1. The largest absolute Gasteiger partial charge is 0.471 e. The van der Waals surface area contributed by atoms with Crippen LogP contribution in [-0.2, 0) is 0 Å². The lowest BCUT2D eigenvalue weighted by Crippen LogP contribution is -2.38. The summed E-state index contributed by atoms with van der Waals surface area (Å²) in [4.78, 5) is 0. The van der Waals surface area contributed by atoms with Crippen molar-refractivity contribution >= 4 is 5.69 Å². The lowest BCUT2D eigenvalue weighted by atomic mass is 10.1. The van der Waals surface area contributed by atoms with Gasteiger partial charge in [0.05, 0.1) is 11.7 Å². The highest BCUT2D eigenvalue weighted by atomic mass is 16.5. The van der Waals surface area contributed by atoms with E-state index < -0.39 is 6.10 Å². The molecule has 14 heavy (non-hydrogen) atoms. The normalized spacial score (nSPS) is 24.1. The van der Waals surface area contributed by atoms with Crippen molar-refractivity contribution in [3.8, 4) is 11.8 Å². The molecule has 2 atom stereocenters. The third kappa shape index (κ3) is 1.39. The summed E-state index contributed by atoms with van der Waals surface area (Å²) in [6.07, 6.45) is -0.398. The molecule has 3 nitrogen and oxygen atoms in total. The Morgan fingerprint density at radius 3 is 3.00 bits per heavy atom. The molecule has 0 aromatic heterocycles. The maximum atomic E-state index is 8.83. The Morgan fingerprint density at radius 1 is 1.50 bits per heavy atom. The Labute approximate surface area is 83.3 Å². The zero-order valence-electron chi connectivity index (χ0n) is 8.24. The van der Waals surface area contributed by atoms with Crippen LogP contribution in [0.1, 0.15) is 12.5 Å². The van der Waals surface area contributed by atoms with Crippen molar-refractivity contribution in [2.45, 2.75) is 26.0 Å². The molecule has 1 heterocycles. The van der Waals surface area contributed by atoms with Crippen LogP contribution in [0.15, 0.2) is 18.2 Å². The van der Waals surface area contributed by atoms with E-state index in [1.807, 2.05) is 32.0 Å². The summed E-state index contributed by atoms with van der Waals surface area (Å²) in [7, 11) is 0. The molecule has 1 aromatic carbocycles. The minimum atomic E-state index is -0.398. The quantitative estimate of drug-likeness (QED) is 0.678. The van der Waals surface area contributed by atoms with E-state index in [1.165, 1.54) is 5.56 Å². The molecule has 1 N–H and O–H groups in total. The predicted octanol–water partition coefficient (Wildman–Crippen LogP) is 2.08. The van der Waals surface area contributed by atoms with E-state index in [0.717, 1.165) is 11.4 Å². The van der Waals surface area contributed by atoms with Gasteiger partial charge in [-0.3, -0.25) is 0 Å². The smallest absolute Gasteiger partial charge is 0.204 e. The Hall–Kier alpha value is -1.69. The molecule has 3 heteroatoms. The zero-order chi connectivity index (χ0) is 10.1. The van der Waals surface area contributed by atoms with Crippen molar-refractivity contribution in [3.63, 3.8) is 0 Å². The topological polar surface area (TPSA) is 45.0 Å². The molecule has 0 radical (unpaired) electrons. The molecule has 0 spiro atoms. The number of rotatable bonds is 0. The predicted molar refractivity (Wildman–Crippen MR) is 54.3 cm³/mol. The number of nitrogens with one attached hydrogen (secondary N) is 1. The van der Waals surface area contributed by atoms with Crippen molar-refractivity contribution in [1.29, 1.82) is 5.26 Å². The lowest BCUT2D eigenvalue weighted by molar-refractivity contribution is 0.227. The van der Waals surface area contributed by atoms with Crippen molar-refractivity contribution in [1.82, 2.24) is 0 Å². The number of anilines is 1. The fraction of sp³-hybridized carbons (Fsp3) is 0.364. The standard InChI is InChI=1S/C11H12N2O/c1-7-3-4-10-9(5-7)13-8(2)11(6-12)14-10/h3-5,8,11,13H,1-2H3. The third-order valence-corrected chi connectivity index (χ3v) is 2.35. The molecule has 1 aromatic rings. The summed E-state index contributed by atoms with van der Waals surface area (Å²) in [5.74, 6) is 0.764. The van der Waals surface area contributed by atoms with Gasteiger partial charge in [-0.05, 0) is 31.5 Å². The number of ether oxygens (including phenoxy) is 1. The number of aryl methyl sites for hydroxylation is 1. The van der Waals surface area contributed by atoms with Crippen LogP contribution in [-0.4, -0.2) is 12.1 Å². The van der Waals surface area contributed by atoms with Crippen LogP contribution in [0, 0.1) is 18.3 Å². The summed E-state index contributed by atoms with van der Waals surface area (Å²) >= 11 is 0. The molecular weight excluding hydrogens is 176 g/mol. The van der Waals surface area contributed by atoms with Crippen LogP contribution < -0.4 is 10.1 Å². The van der Waals surface area contributed by atoms with E-state index >= 15 is 0 Å². The first-order valence-electron chi connectivity index (χ1n) is 4.64. The molecule has 1 aliphatic rings. The van der Waals surface area contributed by atoms with Crippen LogP contribution >= 0.6 is 0 Å². The molecule has 0 saturated heterocycles. The van der Waals surface area contributed by atoms with Crippen molar-refractivity contribution < 1.29 is 4.74 Å². The molecule has 2 rings (SSSR count). The van der Waals surface area contributed by atoms with Gasteiger partial charge in [-0.15, -0.1) is 0 Å². The Balaban J connectivity index is 2.36. The summed E-state index contributed by atoms with van der Waals surface area (Å²) in [6, 6.07) is 8.06. The van der Waals surface area contributed by atoms with E-state index in [1.54, 1.807) is 0 Å². The average Bonchev–Trinajstić information content (AvgIpc) is 2.16. The van der Waals surface area contributed by atoms with Gasteiger partial charge in [-0.2, -0.15) is 5.26 Å². The Bertz CT molecular complexity index is 395. The summed E-state index contributed by atoms with van der Waals surface area (Å²) in [6.45, 7) is 3.97. The molecule has 0 aliphatic carbocycles. The first-order chi connectivity index (χ1) is 6.70. The molecule has 0 saturated carbocycles. The van der Waals surface area contributed by atoms with Crippen LogP contribution in [0.2, 0.25) is 0 Å². The first kappa shape index (κ1) is 8.89. The number of nitrogens with zero attached hydrogens (tertiary/aromatic N) is 1. The van der Waals surface area contributed by atoms with Gasteiger partial charge in [0, 0.05) is 0 Å². The van der Waals surface area contributed by atoms with Gasteiger partial charge in [0.25, 0.3) is 0 Å². The molecule has 2 unspecified atom stereocenters. The maximum Gasteiger partial charge on any atom is 0.204 e. The van der Waals surface area contributed by atoms with Gasteiger partial charge in [-0.1, -0.05) is 6.07 Å². The van der Waals surface area contributed by atoms with Gasteiger partial charge >= 0.3 is 0 Å². The molecule has 0 amide bonds. The highest BCUT2D eigenvalue weighted by molar-refractivity contribution is 5.60. The summed E-state index contributed by atoms with van der Waals surface area (Å²) in [5, 5.41) is 12.1. The van der Waals surface area contributed by atoms with Gasteiger partial charge in [0.1, 0.15) is 11.8 Å². The third-order valence-electron chi connectivity index (χ3n) is 2.35. The summed E-state index contributed by atoms with van der Waals surface area (Å²) < 4.78 is 5.52. The second-order valence-electron chi connectivity index (χ2n) is 3.60. The van der Waals surface area contributed by atoms with E-state index in [-0.39, 0.29) is 6.04 Å². The fourth-order valence-electron chi connectivity index (χ4n) is 1.56. The minimum absolute atomic E-state index is 0.0364. The van der Waals surface area contributed by atoms with Gasteiger partial charge in [-0.25, -0.2) is 0 Å². The highest BCUT2D eigenvalue weighted by Gasteiger charge is 2.25. The molecule has 72 valence electrons. The SMILES string of the molecule is Cc1ccc2c(c1)NC(C)C(C#N)O2. The summed E-state index contributed by atoms with van der Waals surface area (Å²) in [5.41, 5.74) is 2.16. The fourth-order valence-corrected chi connectivity index (χ4v) is 1.56. The Kier molecular flexibility index (Phi) is 2.05. The lowest BCUT2D eigenvalue weighted by Gasteiger charge is -2.29. The maximum absolute atomic E-state index is 8.83. The second kappa shape index (κ2) is 3.22. The molecule has 0 bridgehead atoms. The minimum Gasteiger partial charge on any atom is -0.471 e. The van der Waals surface area contributed by atoms with Crippen molar-refractivity contribution in [3.05, 3.63) is 23.8 Å². The van der Waals surface area contributed by atoms with Crippen molar-refractivity contribution in [2.24, 2.45) is 0 Å². The Morgan fingerprint density at radius 2 is 2.29 bits per heavy atom. The monoisotopic (exact) mass is 188 g/mol. The number of hydrogen-bond acceptors (Lipinski definition) is 3. The zero-order valence-corrected chi connectivity index (χ0v) is 8.24. The van der Waals surface area contributed by atoms with E-state index in [4.69, 9.17) is 10.00 Å². The van der Waals surface area contributed by atoms with Crippen LogP contribution in [0.5, 0.6) is 5.75 Å². The highest BCUT2D eigenvalue weighted by Crippen LogP contribution is 2.31. The van der Waals surface area contributed by atoms with Crippen LogP contribution in [0.25, 0.3) is 0 Å². The second-order valence-corrected chi connectivity index (χ2v) is 3.60. The number of hydrogen-bond donors (Lipinski definition) is 1. The van der Waals surface area contributed by atoms with Gasteiger partial charge < -0.3 is 10.1 Å². The van der Waals surface area contributed by atoms with E-state index in [2.05, 4.69) is 11.4 Å².